The zero-order valence-corrected chi connectivity index (χ0v) is 19.0. The van der Waals surface area contributed by atoms with Gasteiger partial charge in [0.2, 0.25) is 5.91 Å². The van der Waals surface area contributed by atoms with Crippen LogP contribution in [0.4, 0.5) is 11.4 Å². The second-order valence-corrected chi connectivity index (χ2v) is 10.1. The molecular weight excluding hydrogens is 455 g/mol. The molecule has 3 aromatic rings. The normalized spacial score (nSPS) is 15.6. The average molecular weight is 475 g/mol. The molecule has 0 spiro atoms. The molecule has 0 fully saturated rings. The molecule has 3 aromatic carbocycles. The fourth-order valence-electron chi connectivity index (χ4n) is 3.86. The maximum Gasteiger partial charge on any atom is 0.264 e. The lowest BCUT2D eigenvalue weighted by Crippen LogP contribution is -2.45. The summed E-state index contributed by atoms with van der Waals surface area (Å²) in [6, 6.07) is 20.1. The van der Waals surface area contributed by atoms with Gasteiger partial charge in [0.05, 0.1) is 10.6 Å². The average Bonchev–Trinajstić information content (AvgIpc) is 3.07. The quantitative estimate of drug-likeness (QED) is 0.512. The number of sulfonamides is 1. The van der Waals surface area contributed by atoms with Crippen molar-refractivity contribution in [2.45, 2.75) is 24.3 Å². The van der Waals surface area contributed by atoms with Gasteiger partial charge in [-0.25, -0.2) is 8.42 Å². The van der Waals surface area contributed by atoms with Crippen molar-refractivity contribution in [3.05, 3.63) is 88.4 Å². The third kappa shape index (κ3) is 4.28. The molecule has 0 saturated heterocycles. The van der Waals surface area contributed by atoms with Crippen molar-refractivity contribution in [3.8, 4) is 0 Å². The van der Waals surface area contributed by atoms with Crippen LogP contribution in [0.3, 0.4) is 0 Å². The van der Waals surface area contributed by atoms with Crippen molar-refractivity contribution >= 4 is 50.5 Å². The highest BCUT2D eigenvalue weighted by molar-refractivity contribution is 7.92. The minimum atomic E-state index is -4.04. The van der Waals surface area contributed by atoms with Crippen molar-refractivity contribution in [1.29, 1.82) is 0 Å². The Morgan fingerprint density at radius 3 is 2.29 bits per heavy atom. The number of halogens is 2. The molecule has 0 aromatic heterocycles. The molecule has 1 aliphatic rings. The van der Waals surface area contributed by atoms with Crippen LogP contribution in [0, 0.1) is 0 Å². The van der Waals surface area contributed by atoms with E-state index in [2.05, 4.69) is 0 Å². The predicted molar refractivity (Wildman–Crippen MR) is 125 cm³/mol. The van der Waals surface area contributed by atoms with E-state index in [4.69, 9.17) is 23.2 Å². The summed E-state index contributed by atoms with van der Waals surface area (Å²) in [6.45, 7) is 1.57. The third-order valence-corrected chi connectivity index (χ3v) is 7.45. The minimum Gasteiger partial charge on any atom is -0.307 e. The molecule has 1 amide bonds. The van der Waals surface area contributed by atoms with Gasteiger partial charge in [0.1, 0.15) is 6.54 Å². The Morgan fingerprint density at radius 2 is 1.61 bits per heavy atom. The van der Waals surface area contributed by atoms with Gasteiger partial charge in [0.15, 0.2) is 0 Å². The van der Waals surface area contributed by atoms with Gasteiger partial charge in [-0.3, -0.25) is 9.10 Å². The molecule has 1 unspecified atom stereocenters. The fourth-order valence-corrected chi connectivity index (χ4v) is 5.80. The van der Waals surface area contributed by atoms with Crippen molar-refractivity contribution < 1.29 is 13.2 Å². The Labute approximate surface area is 191 Å². The topological polar surface area (TPSA) is 57.7 Å². The number of nitrogens with zero attached hydrogens (tertiary/aromatic N) is 2. The molecule has 1 atom stereocenters. The van der Waals surface area contributed by atoms with Gasteiger partial charge in [-0.05, 0) is 55.3 Å². The lowest BCUT2D eigenvalue weighted by Gasteiger charge is -2.29. The first kappa shape index (κ1) is 21.7. The first-order chi connectivity index (χ1) is 14.8. The lowest BCUT2D eigenvalue weighted by molar-refractivity contribution is -0.117. The van der Waals surface area contributed by atoms with E-state index in [1.165, 1.54) is 30.3 Å². The number of hydrogen-bond acceptors (Lipinski definition) is 3. The van der Waals surface area contributed by atoms with E-state index >= 15 is 0 Å². The van der Waals surface area contributed by atoms with Crippen molar-refractivity contribution in [3.63, 3.8) is 0 Å². The van der Waals surface area contributed by atoms with Gasteiger partial charge in [-0.2, -0.15) is 0 Å². The molecule has 1 heterocycles. The Balaban J connectivity index is 1.76. The Kier molecular flexibility index (Phi) is 5.97. The predicted octanol–water partition coefficient (Wildman–Crippen LogP) is 5.17. The minimum absolute atomic E-state index is 0.0749. The molecule has 0 N–H and O–H groups in total. The fraction of sp³-hybridized carbons (Fsp3) is 0.174. The number of carbonyl (C=O) groups is 1. The van der Waals surface area contributed by atoms with Crippen LogP contribution >= 0.6 is 23.2 Å². The SMILES string of the molecule is CC1Cc2ccccc2N1C(=O)CN(c1cc(Cl)cc(Cl)c1)S(=O)(=O)c1ccccc1. The van der Waals surface area contributed by atoms with Gasteiger partial charge in [-0.1, -0.05) is 59.6 Å². The summed E-state index contributed by atoms with van der Waals surface area (Å²) >= 11 is 12.3. The van der Waals surface area contributed by atoms with Gasteiger partial charge in [-0.15, -0.1) is 0 Å². The van der Waals surface area contributed by atoms with Crippen LogP contribution in [0.1, 0.15) is 12.5 Å². The molecule has 1 aliphatic heterocycles. The van der Waals surface area contributed by atoms with E-state index in [1.807, 2.05) is 31.2 Å². The Bertz CT molecular complexity index is 1210. The lowest BCUT2D eigenvalue weighted by atomic mass is 10.1. The molecule has 4 rings (SSSR count). The first-order valence-corrected chi connectivity index (χ1v) is 11.9. The van der Waals surface area contributed by atoms with E-state index in [1.54, 1.807) is 23.1 Å². The molecule has 5 nitrogen and oxygen atoms in total. The Morgan fingerprint density at radius 1 is 1.00 bits per heavy atom. The van der Waals surface area contributed by atoms with Crippen LogP contribution in [-0.2, 0) is 21.2 Å². The van der Waals surface area contributed by atoms with E-state index in [9.17, 15) is 13.2 Å². The van der Waals surface area contributed by atoms with Crippen molar-refractivity contribution in [1.82, 2.24) is 0 Å². The van der Waals surface area contributed by atoms with Gasteiger partial charge in [0, 0.05) is 21.8 Å². The second kappa shape index (κ2) is 8.54. The summed E-state index contributed by atoms with van der Waals surface area (Å²) < 4.78 is 28.1. The molecule has 0 aliphatic carbocycles. The molecule has 0 saturated carbocycles. The maximum absolute atomic E-state index is 13.5. The largest absolute Gasteiger partial charge is 0.307 e. The molecule has 8 heteroatoms. The summed E-state index contributed by atoms with van der Waals surface area (Å²) in [7, 11) is -4.04. The number of hydrogen-bond donors (Lipinski definition) is 0. The summed E-state index contributed by atoms with van der Waals surface area (Å²) in [5, 5.41) is 0.561. The summed E-state index contributed by atoms with van der Waals surface area (Å²) in [6.07, 6.45) is 0.719. The highest BCUT2D eigenvalue weighted by Crippen LogP contribution is 2.34. The molecule has 0 bridgehead atoms. The summed E-state index contributed by atoms with van der Waals surface area (Å²) in [5.41, 5.74) is 2.10. The number of amides is 1. The number of fused-ring (bicyclic) bond motifs is 1. The number of anilines is 2. The van der Waals surface area contributed by atoms with Crippen LogP contribution in [0.2, 0.25) is 10.0 Å². The van der Waals surface area contributed by atoms with Crippen LogP contribution in [-0.4, -0.2) is 26.9 Å². The monoisotopic (exact) mass is 474 g/mol. The van der Waals surface area contributed by atoms with Crippen molar-refractivity contribution in [2.75, 3.05) is 15.7 Å². The van der Waals surface area contributed by atoms with Crippen LogP contribution in [0.5, 0.6) is 0 Å². The van der Waals surface area contributed by atoms with E-state index < -0.39 is 10.0 Å². The van der Waals surface area contributed by atoms with Crippen LogP contribution in [0.15, 0.2) is 77.7 Å². The smallest absolute Gasteiger partial charge is 0.264 e. The summed E-state index contributed by atoms with van der Waals surface area (Å²) in [4.78, 5) is 15.1. The second-order valence-electron chi connectivity index (χ2n) is 7.40. The van der Waals surface area contributed by atoms with Crippen LogP contribution in [0.25, 0.3) is 0 Å². The van der Waals surface area contributed by atoms with Crippen LogP contribution < -0.4 is 9.21 Å². The van der Waals surface area contributed by atoms with Crippen molar-refractivity contribution in [2.24, 2.45) is 0 Å². The summed E-state index contributed by atoms with van der Waals surface area (Å²) in [5.74, 6) is -0.326. The molecule has 0 radical (unpaired) electrons. The zero-order chi connectivity index (χ0) is 22.2. The Hall–Kier alpha value is -2.54. The highest BCUT2D eigenvalue weighted by atomic mass is 35.5. The molecular formula is C23H20Cl2N2O3S. The number of rotatable bonds is 5. The van der Waals surface area contributed by atoms with E-state index in [0.717, 1.165) is 22.0 Å². The third-order valence-electron chi connectivity index (χ3n) is 5.22. The standard InChI is InChI=1S/C23H20Cl2N2O3S/c1-16-11-17-7-5-6-10-22(17)27(16)23(28)15-26(20-13-18(24)12-19(25)14-20)31(29,30)21-8-3-2-4-9-21/h2-10,12-14,16H,11,15H2,1H3. The highest BCUT2D eigenvalue weighted by Gasteiger charge is 2.34. The van der Waals surface area contributed by atoms with Gasteiger partial charge < -0.3 is 4.90 Å². The number of carbonyl (C=O) groups excluding carboxylic acids is 1. The molecule has 31 heavy (non-hydrogen) atoms. The first-order valence-electron chi connectivity index (χ1n) is 9.71. The zero-order valence-electron chi connectivity index (χ0n) is 16.7. The van der Waals surface area contributed by atoms with E-state index in [0.29, 0.717) is 0 Å². The maximum atomic E-state index is 13.5. The number of benzene rings is 3. The number of para-hydroxylation sites is 1. The van der Waals surface area contributed by atoms with Gasteiger partial charge >= 0.3 is 0 Å². The van der Waals surface area contributed by atoms with E-state index in [-0.39, 0.29) is 39.1 Å². The van der Waals surface area contributed by atoms with Gasteiger partial charge in [0.25, 0.3) is 10.0 Å². The molecule has 160 valence electrons.